The monoisotopic (exact) mass is 700 g/mol. The third kappa shape index (κ3) is 14.0. The van der Waals surface area contributed by atoms with Crippen LogP contribution in [0.2, 0.25) is 5.02 Å². The third-order valence-electron chi connectivity index (χ3n) is 8.01. The van der Waals surface area contributed by atoms with Gasteiger partial charge in [-0.3, -0.25) is 19.1 Å². The molecule has 1 N–H and O–H groups in total. The zero-order chi connectivity index (χ0) is 37.6. The average molecular weight is 701 g/mol. The van der Waals surface area contributed by atoms with Gasteiger partial charge in [0, 0.05) is 66.6 Å². The molecule has 4 aromatic rings. The smallest absolute Gasteiger partial charge is 0.257 e. The Kier molecular flexibility index (Phi) is 21.1. The minimum Gasteiger partial charge on any atom is -0.381 e. The van der Waals surface area contributed by atoms with Gasteiger partial charge in [-0.1, -0.05) is 109 Å². The van der Waals surface area contributed by atoms with Gasteiger partial charge in [0.05, 0.1) is 5.69 Å². The summed E-state index contributed by atoms with van der Waals surface area (Å²) in [4.78, 5) is 30.6. The number of aromatic nitrogens is 2. The molecule has 1 amide bonds. The predicted octanol–water partition coefficient (Wildman–Crippen LogP) is 11.7. The second kappa shape index (κ2) is 24.1. The molecule has 0 fully saturated rings. The lowest BCUT2D eigenvalue weighted by Crippen LogP contribution is -2.21. The Morgan fingerprint density at radius 3 is 2.04 bits per heavy atom. The molecule has 0 atom stereocenters. The summed E-state index contributed by atoms with van der Waals surface area (Å²) < 4.78 is 1.66. The summed E-state index contributed by atoms with van der Waals surface area (Å²) in [6.45, 7) is 19.2. The van der Waals surface area contributed by atoms with Crippen molar-refractivity contribution in [3.8, 4) is 5.69 Å². The largest absolute Gasteiger partial charge is 0.381 e. The van der Waals surface area contributed by atoms with Crippen LogP contribution in [-0.2, 0) is 6.54 Å². The summed E-state index contributed by atoms with van der Waals surface area (Å²) in [5.74, 6) is 0.715. The van der Waals surface area contributed by atoms with Gasteiger partial charge >= 0.3 is 0 Å². The van der Waals surface area contributed by atoms with Gasteiger partial charge in [0.25, 0.3) is 11.5 Å². The summed E-state index contributed by atoms with van der Waals surface area (Å²) in [5.41, 5.74) is 7.90. The number of hydrogen-bond acceptors (Lipinski definition) is 4. The van der Waals surface area contributed by atoms with Crippen LogP contribution in [0.25, 0.3) is 11.8 Å². The zero-order valence-corrected chi connectivity index (χ0v) is 33.2. The Hall–Kier alpha value is -4.16. The molecule has 2 aromatic carbocycles. The third-order valence-corrected chi connectivity index (χ3v) is 8.27. The van der Waals surface area contributed by atoms with Crippen molar-refractivity contribution in [2.75, 3.05) is 19.4 Å². The van der Waals surface area contributed by atoms with Gasteiger partial charge in [0.1, 0.15) is 0 Å². The first-order valence-corrected chi connectivity index (χ1v) is 18.6. The highest BCUT2D eigenvalue weighted by Crippen LogP contribution is 2.26. The van der Waals surface area contributed by atoms with E-state index in [0.717, 1.165) is 40.2 Å². The second-order valence-corrected chi connectivity index (χ2v) is 12.3. The molecule has 2 aromatic heterocycles. The highest BCUT2D eigenvalue weighted by molar-refractivity contribution is 6.30. The summed E-state index contributed by atoms with van der Waals surface area (Å²) in [5, 5.41) is 4.00. The maximum atomic E-state index is 12.8. The minimum atomic E-state index is -0.0875. The Morgan fingerprint density at radius 1 is 0.920 bits per heavy atom. The van der Waals surface area contributed by atoms with Gasteiger partial charge in [-0.15, -0.1) is 0 Å². The molecular weight excluding hydrogens is 640 g/mol. The van der Waals surface area contributed by atoms with Crippen LogP contribution in [0.3, 0.4) is 0 Å². The molecule has 0 saturated carbocycles. The Bertz CT molecular complexity index is 1640. The highest BCUT2D eigenvalue weighted by atomic mass is 35.5. The van der Waals surface area contributed by atoms with E-state index in [4.69, 9.17) is 11.6 Å². The Labute approximate surface area is 307 Å². The first-order valence-electron chi connectivity index (χ1n) is 18.2. The van der Waals surface area contributed by atoms with Gasteiger partial charge in [0.15, 0.2) is 0 Å². The average Bonchev–Trinajstić information content (AvgIpc) is 3.14. The van der Waals surface area contributed by atoms with Crippen LogP contribution in [0, 0.1) is 6.92 Å². The van der Waals surface area contributed by atoms with E-state index < -0.39 is 0 Å². The van der Waals surface area contributed by atoms with Crippen LogP contribution in [0.1, 0.15) is 126 Å². The van der Waals surface area contributed by atoms with Crippen molar-refractivity contribution >= 4 is 29.3 Å². The first-order chi connectivity index (χ1) is 24.1. The number of amides is 1. The van der Waals surface area contributed by atoms with E-state index >= 15 is 0 Å². The SMILES string of the molecule is CC.CC.CC/C(C)=C/c1c(-n2ccc(NCc3ccc(Cl)cc3)cc2=O)ccnc1C.CCCC(CCC)c1ccc(C(=O)N(C)C)cc1. The van der Waals surface area contributed by atoms with E-state index in [2.05, 4.69) is 56.2 Å². The topological polar surface area (TPSA) is 67.2 Å². The minimum absolute atomic E-state index is 0.0732. The Morgan fingerprint density at radius 2 is 1.52 bits per heavy atom. The molecule has 0 unspecified atom stereocenters. The van der Waals surface area contributed by atoms with Gasteiger partial charge in [-0.05, 0) is 86.6 Å². The van der Waals surface area contributed by atoms with E-state index in [0.29, 0.717) is 17.5 Å². The molecule has 0 bridgehead atoms. The number of halogens is 1. The van der Waals surface area contributed by atoms with Crippen LogP contribution in [0.15, 0.2) is 89.5 Å². The molecule has 4 rings (SSSR count). The Balaban J connectivity index is 0.000000492. The number of anilines is 1. The maximum Gasteiger partial charge on any atom is 0.257 e. The van der Waals surface area contributed by atoms with Gasteiger partial charge < -0.3 is 10.2 Å². The van der Waals surface area contributed by atoms with E-state index in [1.165, 1.54) is 36.8 Å². The molecule has 0 aliphatic rings. The maximum absolute atomic E-state index is 12.8. The quantitative estimate of drug-likeness (QED) is 0.160. The highest BCUT2D eigenvalue weighted by Gasteiger charge is 2.12. The van der Waals surface area contributed by atoms with Gasteiger partial charge in [-0.25, -0.2) is 0 Å². The lowest BCUT2D eigenvalue weighted by Gasteiger charge is -2.16. The summed E-state index contributed by atoms with van der Waals surface area (Å²) in [7, 11) is 3.57. The van der Waals surface area contributed by atoms with Crippen molar-refractivity contribution in [1.29, 1.82) is 0 Å². The van der Waals surface area contributed by atoms with Crippen LogP contribution < -0.4 is 10.9 Å². The standard InChI is InChI=1S/C23H24ClN3O.C16H25NO.2C2H6/c1-4-16(2)13-21-17(3)25-11-9-22(21)27-12-10-20(14-23(27)28)26-15-18-5-7-19(24)8-6-18;1-5-7-13(8-6-2)14-9-11-15(12-10-14)16(18)17(3)4;2*1-2/h5-14,26H,4,15H2,1-3H3;9-13H,5-8H2,1-4H3;2*1-2H3/b16-13+;;;. The molecule has 6 nitrogen and oxygen atoms in total. The molecule has 2 heterocycles. The summed E-state index contributed by atoms with van der Waals surface area (Å²) >= 11 is 5.92. The van der Waals surface area contributed by atoms with Crippen molar-refractivity contribution in [1.82, 2.24) is 14.5 Å². The molecular formula is C43H61ClN4O2. The predicted molar refractivity (Wildman–Crippen MR) is 217 cm³/mol. The van der Waals surface area contributed by atoms with Crippen molar-refractivity contribution in [3.05, 3.63) is 128 Å². The molecule has 7 heteroatoms. The number of hydrogen-bond donors (Lipinski definition) is 1. The molecule has 50 heavy (non-hydrogen) atoms. The van der Waals surface area contributed by atoms with E-state index in [1.807, 2.05) is 83.1 Å². The van der Waals surface area contributed by atoms with Crippen molar-refractivity contribution in [2.45, 2.75) is 107 Å². The normalized spacial score (nSPS) is 10.5. The fourth-order valence-electron chi connectivity index (χ4n) is 5.23. The number of rotatable bonds is 12. The van der Waals surface area contributed by atoms with Gasteiger partial charge in [-0.2, -0.15) is 0 Å². The van der Waals surface area contributed by atoms with Crippen LogP contribution in [0.5, 0.6) is 0 Å². The van der Waals surface area contributed by atoms with Gasteiger partial charge in [0.2, 0.25) is 0 Å². The number of nitrogens with zero attached hydrogens (tertiary/aromatic N) is 3. The number of pyridine rings is 2. The lowest BCUT2D eigenvalue weighted by molar-refractivity contribution is 0.0827. The van der Waals surface area contributed by atoms with Crippen molar-refractivity contribution in [3.63, 3.8) is 0 Å². The van der Waals surface area contributed by atoms with E-state index in [-0.39, 0.29) is 11.5 Å². The summed E-state index contributed by atoms with van der Waals surface area (Å²) in [6, 6.07) is 21.2. The molecule has 0 aliphatic carbocycles. The number of carbonyl (C=O) groups is 1. The molecule has 0 radical (unpaired) electrons. The molecule has 272 valence electrons. The number of carbonyl (C=O) groups excluding carboxylic acids is 1. The fourth-order valence-corrected chi connectivity index (χ4v) is 5.35. The van der Waals surface area contributed by atoms with Crippen molar-refractivity contribution < 1.29 is 4.79 Å². The number of nitrogens with one attached hydrogen (secondary N) is 1. The van der Waals surface area contributed by atoms with Crippen molar-refractivity contribution in [2.24, 2.45) is 0 Å². The fraction of sp³-hybridized carbons (Fsp3) is 0.419. The van der Waals surface area contributed by atoms with E-state index in [9.17, 15) is 9.59 Å². The molecule has 0 aliphatic heterocycles. The first kappa shape index (κ1) is 43.9. The van der Waals surface area contributed by atoms with Crippen LogP contribution >= 0.6 is 11.6 Å². The van der Waals surface area contributed by atoms with E-state index in [1.54, 1.807) is 42.0 Å². The molecule has 0 saturated heterocycles. The van der Waals surface area contributed by atoms with Crippen LogP contribution in [0.4, 0.5) is 5.69 Å². The number of allylic oxidation sites excluding steroid dienone is 1. The number of benzene rings is 2. The van der Waals surface area contributed by atoms with Crippen LogP contribution in [-0.4, -0.2) is 34.5 Å². The summed E-state index contributed by atoms with van der Waals surface area (Å²) in [6.07, 6.45) is 11.5. The lowest BCUT2D eigenvalue weighted by atomic mass is 9.90. The zero-order valence-electron chi connectivity index (χ0n) is 32.4. The molecule has 0 spiro atoms. The number of aryl methyl sites for hydroxylation is 1. The second-order valence-electron chi connectivity index (χ2n) is 11.9.